The highest BCUT2D eigenvalue weighted by atomic mass is 16.2. The van der Waals surface area contributed by atoms with Crippen LogP contribution in [0.2, 0.25) is 0 Å². The van der Waals surface area contributed by atoms with Crippen LogP contribution in [0.15, 0.2) is 54.6 Å². The van der Waals surface area contributed by atoms with Gasteiger partial charge in [0, 0.05) is 18.8 Å². The van der Waals surface area contributed by atoms with Crippen molar-refractivity contribution >= 4 is 17.5 Å². The highest BCUT2D eigenvalue weighted by molar-refractivity contribution is 6.03. The minimum Gasteiger partial charge on any atom is -0.338 e. The Balaban J connectivity index is 1.91. The summed E-state index contributed by atoms with van der Waals surface area (Å²) in [6, 6.07) is 18.2. The van der Waals surface area contributed by atoms with Crippen LogP contribution in [0.4, 0.5) is 5.69 Å². The van der Waals surface area contributed by atoms with Gasteiger partial charge in [-0.3, -0.25) is 9.59 Å². The number of benzene rings is 2. The third-order valence-corrected chi connectivity index (χ3v) is 3.56. The van der Waals surface area contributed by atoms with Crippen molar-refractivity contribution in [3.63, 3.8) is 0 Å². The van der Waals surface area contributed by atoms with Crippen LogP contribution in [-0.4, -0.2) is 23.3 Å². The molecule has 0 fully saturated rings. The summed E-state index contributed by atoms with van der Waals surface area (Å²) < 4.78 is 0. The van der Waals surface area contributed by atoms with Crippen molar-refractivity contribution in [2.45, 2.75) is 19.9 Å². The first-order valence-electron chi connectivity index (χ1n) is 7.74. The fraction of sp³-hybridized carbons (Fsp3) is 0.211. The molecule has 5 nitrogen and oxygen atoms in total. The van der Waals surface area contributed by atoms with Crippen molar-refractivity contribution in [1.82, 2.24) is 4.90 Å². The maximum absolute atomic E-state index is 12.3. The van der Waals surface area contributed by atoms with Crippen LogP contribution in [0.1, 0.15) is 24.5 Å². The Labute approximate surface area is 141 Å². The van der Waals surface area contributed by atoms with Crippen molar-refractivity contribution in [3.8, 4) is 6.07 Å². The maximum Gasteiger partial charge on any atom is 0.233 e. The summed E-state index contributed by atoms with van der Waals surface area (Å²) in [6.45, 7) is 2.91. The topological polar surface area (TPSA) is 73.2 Å². The number of rotatable bonds is 6. The quantitative estimate of drug-likeness (QED) is 0.831. The van der Waals surface area contributed by atoms with Crippen molar-refractivity contribution in [3.05, 3.63) is 65.7 Å². The maximum atomic E-state index is 12.3. The Morgan fingerprint density at radius 1 is 1.08 bits per heavy atom. The molecule has 24 heavy (non-hydrogen) atoms. The van der Waals surface area contributed by atoms with Crippen molar-refractivity contribution < 1.29 is 9.59 Å². The second-order valence-corrected chi connectivity index (χ2v) is 5.31. The van der Waals surface area contributed by atoms with Crippen LogP contribution in [0.5, 0.6) is 0 Å². The number of amides is 2. The zero-order valence-electron chi connectivity index (χ0n) is 13.5. The summed E-state index contributed by atoms with van der Waals surface area (Å²) in [4.78, 5) is 26.0. The molecule has 122 valence electrons. The van der Waals surface area contributed by atoms with Crippen LogP contribution in [0.3, 0.4) is 0 Å². The second-order valence-electron chi connectivity index (χ2n) is 5.31. The molecule has 0 bridgehead atoms. The molecule has 0 aromatic heterocycles. The van der Waals surface area contributed by atoms with Gasteiger partial charge >= 0.3 is 0 Å². The number of nitrogens with one attached hydrogen (secondary N) is 1. The van der Waals surface area contributed by atoms with E-state index in [4.69, 9.17) is 5.26 Å². The van der Waals surface area contributed by atoms with E-state index in [0.29, 0.717) is 24.3 Å². The number of hydrogen-bond donors (Lipinski definition) is 1. The lowest BCUT2D eigenvalue weighted by Crippen LogP contribution is -2.33. The molecule has 0 aliphatic rings. The fourth-order valence-electron chi connectivity index (χ4n) is 2.26. The Morgan fingerprint density at radius 2 is 1.75 bits per heavy atom. The van der Waals surface area contributed by atoms with E-state index in [1.807, 2.05) is 43.3 Å². The van der Waals surface area contributed by atoms with Crippen LogP contribution in [0.25, 0.3) is 0 Å². The normalized spacial score (nSPS) is 9.83. The number of anilines is 1. The monoisotopic (exact) mass is 321 g/mol. The van der Waals surface area contributed by atoms with E-state index >= 15 is 0 Å². The Morgan fingerprint density at radius 3 is 2.33 bits per heavy atom. The molecule has 2 aromatic rings. The summed E-state index contributed by atoms with van der Waals surface area (Å²) in [7, 11) is 0. The molecule has 2 rings (SSSR count). The molecule has 0 spiro atoms. The summed E-state index contributed by atoms with van der Waals surface area (Å²) in [5, 5.41) is 11.4. The molecule has 0 radical (unpaired) electrons. The van der Waals surface area contributed by atoms with E-state index in [1.165, 1.54) is 0 Å². The largest absolute Gasteiger partial charge is 0.338 e. The van der Waals surface area contributed by atoms with Gasteiger partial charge in [-0.1, -0.05) is 30.3 Å². The Hall–Kier alpha value is -3.13. The number of carbonyl (C=O) groups excluding carboxylic acids is 2. The van der Waals surface area contributed by atoms with Crippen LogP contribution in [0, 0.1) is 11.3 Å². The van der Waals surface area contributed by atoms with E-state index in [1.54, 1.807) is 29.2 Å². The molecule has 0 saturated heterocycles. The van der Waals surface area contributed by atoms with Gasteiger partial charge in [-0.25, -0.2) is 0 Å². The molecule has 0 saturated carbocycles. The van der Waals surface area contributed by atoms with Gasteiger partial charge in [0.15, 0.2) is 0 Å². The predicted molar refractivity (Wildman–Crippen MR) is 91.9 cm³/mol. The van der Waals surface area contributed by atoms with E-state index in [-0.39, 0.29) is 18.2 Å². The first-order valence-corrected chi connectivity index (χ1v) is 7.74. The summed E-state index contributed by atoms with van der Waals surface area (Å²) in [6.07, 6.45) is -0.208. The van der Waals surface area contributed by atoms with Crippen LogP contribution in [-0.2, 0) is 16.1 Å². The number of hydrogen-bond acceptors (Lipinski definition) is 3. The predicted octanol–water partition coefficient (Wildman–Crippen LogP) is 2.94. The standard InChI is InChI=1S/C19H19N3O2/c1-2-22(14-16-6-4-3-5-7-16)19(24)12-18(23)21-17-10-8-15(13-20)9-11-17/h3-11H,2,12,14H2,1H3,(H,21,23). The molecule has 2 amide bonds. The molecular formula is C19H19N3O2. The summed E-state index contributed by atoms with van der Waals surface area (Å²) in [5.74, 6) is -0.580. The molecule has 0 atom stereocenters. The van der Waals surface area contributed by atoms with Gasteiger partial charge in [0.25, 0.3) is 0 Å². The van der Waals surface area contributed by atoms with Gasteiger partial charge in [-0.15, -0.1) is 0 Å². The molecule has 1 N–H and O–H groups in total. The zero-order valence-corrected chi connectivity index (χ0v) is 13.5. The van der Waals surface area contributed by atoms with E-state index in [9.17, 15) is 9.59 Å². The highest BCUT2D eigenvalue weighted by Gasteiger charge is 2.16. The lowest BCUT2D eigenvalue weighted by molar-refractivity contribution is -0.134. The van der Waals surface area contributed by atoms with Gasteiger partial charge in [0.05, 0.1) is 11.6 Å². The van der Waals surface area contributed by atoms with Crippen molar-refractivity contribution in [2.24, 2.45) is 0 Å². The summed E-state index contributed by atoms with van der Waals surface area (Å²) >= 11 is 0. The molecule has 0 heterocycles. The second kappa shape index (κ2) is 8.49. The number of nitrogens with zero attached hydrogens (tertiary/aromatic N) is 2. The molecule has 0 aliphatic carbocycles. The summed E-state index contributed by atoms with van der Waals surface area (Å²) in [5.41, 5.74) is 2.11. The number of carbonyl (C=O) groups is 2. The van der Waals surface area contributed by atoms with Gasteiger partial charge in [0.2, 0.25) is 11.8 Å². The molecule has 0 unspecified atom stereocenters. The third kappa shape index (κ3) is 4.96. The van der Waals surface area contributed by atoms with E-state index in [0.717, 1.165) is 5.56 Å². The Kier molecular flexibility index (Phi) is 6.09. The molecule has 2 aromatic carbocycles. The lowest BCUT2D eigenvalue weighted by Gasteiger charge is -2.20. The van der Waals surface area contributed by atoms with Gasteiger partial charge in [-0.05, 0) is 36.8 Å². The lowest BCUT2D eigenvalue weighted by atomic mass is 10.2. The highest BCUT2D eigenvalue weighted by Crippen LogP contribution is 2.10. The van der Waals surface area contributed by atoms with Crippen molar-refractivity contribution in [2.75, 3.05) is 11.9 Å². The smallest absolute Gasteiger partial charge is 0.233 e. The zero-order chi connectivity index (χ0) is 17.4. The minimum atomic E-state index is -0.365. The number of nitriles is 1. The molecule has 0 aliphatic heterocycles. The van der Waals surface area contributed by atoms with Gasteiger partial charge in [0.1, 0.15) is 6.42 Å². The first-order chi connectivity index (χ1) is 11.6. The molecule has 5 heteroatoms. The Bertz CT molecular complexity index is 733. The average Bonchev–Trinajstić information content (AvgIpc) is 2.61. The van der Waals surface area contributed by atoms with E-state index < -0.39 is 0 Å². The van der Waals surface area contributed by atoms with Crippen molar-refractivity contribution in [1.29, 1.82) is 5.26 Å². The SMILES string of the molecule is CCN(Cc1ccccc1)C(=O)CC(=O)Nc1ccc(C#N)cc1. The third-order valence-electron chi connectivity index (χ3n) is 3.56. The van der Waals surface area contributed by atoms with Gasteiger partial charge < -0.3 is 10.2 Å². The minimum absolute atomic E-state index is 0.208. The fourth-order valence-corrected chi connectivity index (χ4v) is 2.26. The van der Waals surface area contributed by atoms with E-state index in [2.05, 4.69) is 5.32 Å². The van der Waals surface area contributed by atoms with Crippen LogP contribution >= 0.6 is 0 Å². The van der Waals surface area contributed by atoms with Crippen LogP contribution < -0.4 is 5.32 Å². The first kappa shape index (κ1) is 17.2. The molecular weight excluding hydrogens is 302 g/mol. The average molecular weight is 321 g/mol. The van der Waals surface area contributed by atoms with Gasteiger partial charge in [-0.2, -0.15) is 5.26 Å².